The van der Waals surface area contributed by atoms with Crippen molar-refractivity contribution in [2.75, 3.05) is 26.2 Å². The van der Waals surface area contributed by atoms with Crippen LogP contribution < -0.4 is 16.3 Å². The molecule has 0 fully saturated rings. The van der Waals surface area contributed by atoms with Crippen LogP contribution >= 0.6 is 0 Å². The Morgan fingerprint density at radius 3 is 2.83 bits per heavy atom. The molecular weight excluding hydrogens is 368 g/mol. The summed E-state index contributed by atoms with van der Waals surface area (Å²) in [7, 11) is 0. The molecule has 0 spiro atoms. The number of nitrogens with one attached hydrogen (secondary N) is 2. The van der Waals surface area contributed by atoms with Crippen LogP contribution in [0.4, 0.5) is 0 Å². The van der Waals surface area contributed by atoms with Crippen molar-refractivity contribution >= 4 is 5.96 Å². The monoisotopic (exact) mass is 400 g/mol. The van der Waals surface area contributed by atoms with E-state index < -0.39 is 0 Å². The van der Waals surface area contributed by atoms with Crippen molar-refractivity contribution in [3.8, 4) is 0 Å². The maximum atomic E-state index is 12.4. The van der Waals surface area contributed by atoms with E-state index in [2.05, 4.69) is 20.7 Å². The molecule has 8 nitrogen and oxygen atoms in total. The van der Waals surface area contributed by atoms with Gasteiger partial charge in [-0.05, 0) is 31.7 Å². The van der Waals surface area contributed by atoms with Gasteiger partial charge in [0, 0.05) is 38.5 Å². The number of aryl methyl sites for hydroxylation is 2. The predicted molar refractivity (Wildman–Crippen MR) is 114 cm³/mol. The summed E-state index contributed by atoms with van der Waals surface area (Å²) in [6.07, 6.45) is 3.84. The molecule has 0 radical (unpaired) electrons. The highest BCUT2D eigenvalue weighted by atomic mass is 16.3. The molecule has 1 aromatic heterocycles. The van der Waals surface area contributed by atoms with Gasteiger partial charge in [0.25, 0.3) is 0 Å². The van der Waals surface area contributed by atoms with E-state index in [-0.39, 0.29) is 18.2 Å². The van der Waals surface area contributed by atoms with Crippen LogP contribution in [-0.4, -0.2) is 51.7 Å². The van der Waals surface area contributed by atoms with Gasteiger partial charge in [-0.1, -0.05) is 30.3 Å². The first-order chi connectivity index (χ1) is 14.2. The summed E-state index contributed by atoms with van der Waals surface area (Å²) >= 11 is 0. The van der Waals surface area contributed by atoms with Gasteiger partial charge in [0.05, 0.1) is 13.2 Å². The zero-order chi connectivity index (χ0) is 20.5. The third-order valence-corrected chi connectivity index (χ3v) is 5.18. The third kappa shape index (κ3) is 5.69. The molecule has 0 aliphatic carbocycles. The summed E-state index contributed by atoms with van der Waals surface area (Å²) < 4.78 is 3.39. The molecule has 0 amide bonds. The van der Waals surface area contributed by atoms with E-state index in [9.17, 15) is 9.90 Å². The van der Waals surface area contributed by atoms with Crippen LogP contribution in [0.25, 0.3) is 0 Å². The molecular formula is C21H32N6O2. The lowest BCUT2D eigenvalue weighted by molar-refractivity contribution is 0.268. The average molecular weight is 401 g/mol. The summed E-state index contributed by atoms with van der Waals surface area (Å²) in [5, 5.41) is 20.7. The summed E-state index contributed by atoms with van der Waals surface area (Å²) in [6.45, 7) is 5.41. The number of fused-ring (bicyclic) bond motifs is 1. The van der Waals surface area contributed by atoms with Gasteiger partial charge < -0.3 is 15.7 Å². The van der Waals surface area contributed by atoms with E-state index in [0.29, 0.717) is 19.6 Å². The first-order valence-electron chi connectivity index (χ1n) is 10.6. The average Bonchev–Trinajstić information content (AvgIpc) is 3.08. The SMILES string of the molecule is CCNC(=NCC(CO)c1ccccc1)NCCCn1nc2n(c1=O)CCCC2. The van der Waals surface area contributed by atoms with Crippen molar-refractivity contribution in [1.29, 1.82) is 0 Å². The molecule has 8 heteroatoms. The molecule has 0 saturated carbocycles. The van der Waals surface area contributed by atoms with Crippen LogP contribution in [-0.2, 0) is 19.5 Å². The first kappa shape index (κ1) is 21.1. The molecule has 1 aliphatic heterocycles. The summed E-state index contributed by atoms with van der Waals surface area (Å²) in [4.78, 5) is 17.0. The number of guanidine groups is 1. The summed E-state index contributed by atoms with van der Waals surface area (Å²) in [6, 6.07) is 9.94. The molecule has 158 valence electrons. The fourth-order valence-electron chi connectivity index (χ4n) is 3.57. The quantitative estimate of drug-likeness (QED) is 0.333. The van der Waals surface area contributed by atoms with Crippen molar-refractivity contribution in [2.45, 2.75) is 51.6 Å². The van der Waals surface area contributed by atoms with E-state index >= 15 is 0 Å². The zero-order valence-electron chi connectivity index (χ0n) is 17.2. The lowest BCUT2D eigenvalue weighted by atomic mass is 10.0. The van der Waals surface area contributed by atoms with Gasteiger partial charge in [0.15, 0.2) is 5.96 Å². The van der Waals surface area contributed by atoms with E-state index in [1.807, 2.05) is 37.3 Å². The fraction of sp³-hybridized carbons (Fsp3) is 0.571. The third-order valence-electron chi connectivity index (χ3n) is 5.18. The smallest absolute Gasteiger partial charge is 0.345 e. The number of aliphatic imine (C=N–C) groups is 1. The second-order valence-corrected chi connectivity index (χ2v) is 7.32. The minimum absolute atomic E-state index is 0.00826. The highest BCUT2D eigenvalue weighted by Gasteiger charge is 2.16. The van der Waals surface area contributed by atoms with Crippen LogP contribution in [0.3, 0.4) is 0 Å². The van der Waals surface area contributed by atoms with Gasteiger partial charge in [0.2, 0.25) is 0 Å². The molecule has 1 unspecified atom stereocenters. The molecule has 2 aromatic rings. The Labute approximate surface area is 171 Å². The Bertz CT molecular complexity index is 843. The molecule has 0 bridgehead atoms. The first-order valence-corrected chi connectivity index (χ1v) is 10.6. The normalized spacial score (nSPS) is 15.0. The highest BCUT2D eigenvalue weighted by Crippen LogP contribution is 2.15. The molecule has 1 atom stereocenters. The van der Waals surface area contributed by atoms with Crippen LogP contribution in [0.1, 0.15) is 43.5 Å². The summed E-state index contributed by atoms with van der Waals surface area (Å²) in [5.74, 6) is 1.61. The molecule has 1 aromatic carbocycles. The lowest BCUT2D eigenvalue weighted by Gasteiger charge is -2.15. The number of aliphatic hydroxyl groups excluding tert-OH is 1. The van der Waals surface area contributed by atoms with Crippen LogP contribution in [0.2, 0.25) is 0 Å². The molecule has 0 saturated heterocycles. The van der Waals surface area contributed by atoms with E-state index in [0.717, 1.165) is 56.1 Å². The molecule has 29 heavy (non-hydrogen) atoms. The number of nitrogens with zero attached hydrogens (tertiary/aromatic N) is 4. The number of rotatable bonds is 9. The largest absolute Gasteiger partial charge is 0.396 e. The Hall–Kier alpha value is -2.61. The maximum absolute atomic E-state index is 12.4. The second kappa shape index (κ2) is 10.8. The van der Waals surface area contributed by atoms with Gasteiger partial charge in [-0.15, -0.1) is 0 Å². The summed E-state index contributed by atoms with van der Waals surface area (Å²) in [5.41, 5.74) is 1.09. The fourth-order valence-corrected chi connectivity index (χ4v) is 3.57. The molecule has 1 aliphatic rings. The zero-order valence-corrected chi connectivity index (χ0v) is 17.2. The maximum Gasteiger partial charge on any atom is 0.345 e. The van der Waals surface area contributed by atoms with E-state index in [4.69, 9.17) is 0 Å². The Kier molecular flexibility index (Phi) is 7.86. The second-order valence-electron chi connectivity index (χ2n) is 7.32. The van der Waals surface area contributed by atoms with Gasteiger partial charge in [0.1, 0.15) is 5.82 Å². The lowest BCUT2D eigenvalue weighted by Crippen LogP contribution is -2.38. The van der Waals surface area contributed by atoms with Crippen molar-refractivity contribution in [2.24, 2.45) is 4.99 Å². The van der Waals surface area contributed by atoms with Gasteiger partial charge in [-0.25, -0.2) is 9.48 Å². The van der Waals surface area contributed by atoms with Gasteiger partial charge >= 0.3 is 5.69 Å². The number of aliphatic hydroxyl groups is 1. The predicted octanol–water partition coefficient (Wildman–Crippen LogP) is 1.10. The van der Waals surface area contributed by atoms with E-state index in [1.54, 1.807) is 9.25 Å². The Balaban J connectivity index is 1.51. The number of hydrogen-bond donors (Lipinski definition) is 3. The Morgan fingerprint density at radius 2 is 2.10 bits per heavy atom. The van der Waals surface area contributed by atoms with Gasteiger partial charge in [-0.2, -0.15) is 5.10 Å². The van der Waals surface area contributed by atoms with Crippen molar-refractivity contribution in [3.63, 3.8) is 0 Å². The minimum atomic E-state index is -0.0258. The molecule has 3 N–H and O–H groups in total. The Morgan fingerprint density at radius 1 is 1.28 bits per heavy atom. The van der Waals surface area contributed by atoms with Crippen molar-refractivity contribution < 1.29 is 5.11 Å². The van der Waals surface area contributed by atoms with Gasteiger partial charge in [-0.3, -0.25) is 9.56 Å². The number of aromatic nitrogens is 3. The van der Waals surface area contributed by atoms with E-state index in [1.165, 1.54) is 0 Å². The standard InChI is InChI=1S/C21H32N6O2/c1-2-22-20(24-15-18(16-28)17-9-4-3-5-10-17)23-12-8-14-27-21(29)26-13-7-6-11-19(26)25-27/h3-5,9-10,18,28H,2,6-8,11-16H2,1H3,(H2,22,23,24). The molecule has 3 rings (SSSR count). The van der Waals surface area contributed by atoms with Crippen LogP contribution in [0.15, 0.2) is 40.1 Å². The number of benzene rings is 1. The molecule has 2 heterocycles. The topological polar surface area (TPSA) is 96.5 Å². The minimum Gasteiger partial charge on any atom is -0.396 e. The van der Waals surface area contributed by atoms with Crippen molar-refractivity contribution in [3.05, 3.63) is 52.2 Å². The van der Waals surface area contributed by atoms with Crippen LogP contribution in [0.5, 0.6) is 0 Å². The number of hydrogen-bond acceptors (Lipinski definition) is 4. The highest BCUT2D eigenvalue weighted by molar-refractivity contribution is 5.79. The van der Waals surface area contributed by atoms with Crippen molar-refractivity contribution in [1.82, 2.24) is 25.0 Å². The van der Waals surface area contributed by atoms with Crippen LogP contribution in [0, 0.1) is 0 Å².